The molecule has 1 aliphatic rings. The van der Waals surface area contributed by atoms with Crippen LogP contribution in [0.25, 0.3) is 11.3 Å². The Hall–Kier alpha value is -2.15. The molecule has 2 heterocycles. The van der Waals surface area contributed by atoms with Gasteiger partial charge in [0, 0.05) is 31.3 Å². The number of rotatable bonds is 3. The van der Waals surface area contributed by atoms with Gasteiger partial charge in [-0.2, -0.15) is 13.2 Å². The fraction of sp³-hybridized carbons (Fsp3) is 0.375. The van der Waals surface area contributed by atoms with Crippen LogP contribution in [-0.4, -0.2) is 23.1 Å². The molecule has 2 N–H and O–H groups in total. The number of hydrogen-bond donors (Lipinski definition) is 1. The Balaban J connectivity index is 2.05. The number of nitrogens with zero attached hydrogens (tertiary/aromatic N) is 3. The molecule has 0 spiro atoms. The second-order valence-corrected chi connectivity index (χ2v) is 5.53. The summed E-state index contributed by atoms with van der Waals surface area (Å²) in [7, 11) is 0. The standard InChI is InChI=1S/C16H17F3N4/c17-16(18,19)15-21-13(12-5-3-11(10-20)4-6-12)9-14(22-15)23-7-1-2-8-23/h3-6,9H,1-2,7-8,10,20H2. The lowest BCUT2D eigenvalue weighted by Crippen LogP contribution is -2.22. The number of nitrogens with two attached hydrogens (primary N) is 1. The van der Waals surface area contributed by atoms with Crippen molar-refractivity contribution in [2.24, 2.45) is 5.73 Å². The molecule has 0 amide bonds. The van der Waals surface area contributed by atoms with Crippen molar-refractivity contribution in [1.82, 2.24) is 9.97 Å². The number of halogens is 3. The minimum Gasteiger partial charge on any atom is -0.356 e. The predicted octanol–water partition coefficient (Wildman–Crippen LogP) is 3.22. The van der Waals surface area contributed by atoms with Crippen LogP contribution in [0.5, 0.6) is 0 Å². The van der Waals surface area contributed by atoms with E-state index in [0.717, 1.165) is 31.5 Å². The summed E-state index contributed by atoms with van der Waals surface area (Å²) in [5.41, 5.74) is 7.36. The summed E-state index contributed by atoms with van der Waals surface area (Å²) < 4.78 is 39.3. The van der Waals surface area contributed by atoms with Crippen molar-refractivity contribution in [3.63, 3.8) is 0 Å². The number of aromatic nitrogens is 2. The summed E-state index contributed by atoms with van der Waals surface area (Å²) in [5, 5.41) is 0. The Morgan fingerprint density at radius 1 is 1.04 bits per heavy atom. The highest BCUT2D eigenvalue weighted by Crippen LogP contribution is 2.31. The molecule has 4 nitrogen and oxygen atoms in total. The van der Waals surface area contributed by atoms with E-state index in [9.17, 15) is 13.2 Å². The fourth-order valence-corrected chi connectivity index (χ4v) is 2.63. The molecule has 0 atom stereocenters. The van der Waals surface area contributed by atoms with Gasteiger partial charge in [0.1, 0.15) is 5.82 Å². The van der Waals surface area contributed by atoms with Gasteiger partial charge in [-0.3, -0.25) is 0 Å². The molecule has 0 radical (unpaired) electrons. The maximum Gasteiger partial charge on any atom is 0.451 e. The van der Waals surface area contributed by atoms with Crippen LogP contribution in [0.4, 0.5) is 19.0 Å². The third-order valence-corrected chi connectivity index (χ3v) is 3.88. The Bertz CT molecular complexity index is 677. The van der Waals surface area contributed by atoms with Crippen LogP contribution in [0.3, 0.4) is 0 Å². The minimum absolute atomic E-state index is 0.276. The van der Waals surface area contributed by atoms with Crippen LogP contribution in [0.15, 0.2) is 30.3 Å². The second-order valence-electron chi connectivity index (χ2n) is 5.53. The molecule has 1 saturated heterocycles. The van der Waals surface area contributed by atoms with E-state index in [1.54, 1.807) is 30.3 Å². The number of anilines is 1. The maximum absolute atomic E-state index is 13.1. The van der Waals surface area contributed by atoms with Crippen molar-refractivity contribution in [3.8, 4) is 11.3 Å². The summed E-state index contributed by atoms with van der Waals surface area (Å²) >= 11 is 0. The number of hydrogen-bond acceptors (Lipinski definition) is 4. The normalized spacial score (nSPS) is 15.2. The van der Waals surface area contributed by atoms with Crippen LogP contribution in [0.1, 0.15) is 24.2 Å². The molecule has 3 rings (SSSR count). The van der Waals surface area contributed by atoms with E-state index < -0.39 is 12.0 Å². The highest BCUT2D eigenvalue weighted by molar-refractivity contribution is 5.63. The molecule has 0 unspecified atom stereocenters. The van der Waals surface area contributed by atoms with Gasteiger partial charge in [0.2, 0.25) is 5.82 Å². The summed E-state index contributed by atoms with van der Waals surface area (Å²) in [6, 6.07) is 8.68. The van der Waals surface area contributed by atoms with Crippen LogP contribution >= 0.6 is 0 Å². The molecule has 1 aromatic heterocycles. The molecule has 122 valence electrons. The Morgan fingerprint density at radius 3 is 2.26 bits per heavy atom. The lowest BCUT2D eigenvalue weighted by atomic mass is 10.1. The first-order chi connectivity index (χ1) is 11.0. The first kappa shape index (κ1) is 15.7. The summed E-state index contributed by atoms with van der Waals surface area (Å²) in [6.07, 6.45) is -2.64. The van der Waals surface area contributed by atoms with Gasteiger partial charge >= 0.3 is 6.18 Å². The zero-order chi connectivity index (χ0) is 16.4. The molecule has 1 aliphatic heterocycles. The Morgan fingerprint density at radius 2 is 1.70 bits per heavy atom. The summed E-state index contributed by atoms with van der Waals surface area (Å²) in [4.78, 5) is 9.29. The number of alkyl halides is 3. The van der Waals surface area contributed by atoms with Gasteiger partial charge in [0.05, 0.1) is 5.69 Å². The topological polar surface area (TPSA) is 55.0 Å². The summed E-state index contributed by atoms with van der Waals surface area (Å²) in [6.45, 7) is 1.83. The molecule has 0 aliphatic carbocycles. The first-order valence-corrected chi connectivity index (χ1v) is 7.48. The minimum atomic E-state index is -4.57. The second kappa shape index (κ2) is 6.16. The molecular formula is C16H17F3N4. The van der Waals surface area contributed by atoms with E-state index >= 15 is 0 Å². The van der Waals surface area contributed by atoms with Gasteiger partial charge in [-0.15, -0.1) is 0 Å². The van der Waals surface area contributed by atoms with Gasteiger partial charge < -0.3 is 10.6 Å². The number of benzene rings is 1. The molecule has 23 heavy (non-hydrogen) atoms. The Kier molecular flexibility index (Phi) is 4.21. The van der Waals surface area contributed by atoms with Crippen LogP contribution < -0.4 is 10.6 Å². The van der Waals surface area contributed by atoms with Crippen molar-refractivity contribution in [2.45, 2.75) is 25.6 Å². The smallest absolute Gasteiger partial charge is 0.356 e. The molecule has 0 bridgehead atoms. The quantitative estimate of drug-likeness (QED) is 0.943. The zero-order valence-electron chi connectivity index (χ0n) is 12.5. The van der Waals surface area contributed by atoms with Crippen LogP contribution in [0.2, 0.25) is 0 Å². The molecule has 7 heteroatoms. The van der Waals surface area contributed by atoms with Crippen molar-refractivity contribution < 1.29 is 13.2 Å². The third kappa shape index (κ3) is 3.44. The largest absolute Gasteiger partial charge is 0.451 e. The van der Waals surface area contributed by atoms with Crippen molar-refractivity contribution in [3.05, 3.63) is 41.7 Å². The SMILES string of the molecule is NCc1ccc(-c2cc(N3CCCC3)nc(C(F)(F)F)n2)cc1. The van der Waals surface area contributed by atoms with Crippen molar-refractivity contribution >= 4 is 5.82 Å². The van der Waals surface area contributed by atoms with Crippen LogP contribution in [0, 0.1) is 0 Å². The Labute approximate surface area is 132 Å². The van der Waals surface area contributed by atoms with E-state index in [1.807, 2.05) is 4.90 Å². The summed E-state index contributed by atoms with van der Waals surface area (Å²) in [5.74, 6) is -0.762. The third-order valence-electron chi connectivity index (χ3n) is 3.88. The van der Waals surface area contributed by atoms with Gasteiger partial charge in [0.25, 0.3) is 0 Å². The molecule has 2 aromatic rings. The van der Waals surface area contributed by atoms with E-state index in [1.165, 1.54) is 0 Å². The van der Waals surface area contributed by atoms with Gasteiger partial charge in [-0.25, -0.2) is 9.97 Å². The van der Waals surface area contributed by atoms with Gasteiger partial charge in [-0.05, 0) is 18.4 Å². The molecule has 1 fully saturated rings. The molecular weight excluding hydrogens is 305 g/mol. The predicted molar refractivity (Wildman–Crippen MR) is 81.8 cm³/mol. The lowest BCUT2D eigenvalue weighted by molar-refractivity contribution is -0.144. The highest BCUT2D eigenvalue weighted by Gasteiger charge is 2.36. The van der Waals surface area contributed by atoms with Crippen molar-refractivity contribution in [2.75, 3.05) is 18.0 Å². The highest BCUT2D eigenvalue weighted by atomic mass is 19.4. The average molecular weight is 322 g/mol. The van der Waals surface area contributed by atoms with E-state index in [2.05, 4.69) is 9.97 Å². The average Bonchev–Trinajstić information content (AvgIpc) is 3.08. The maximum atomic E-state index is 13.1. The zero-order valence-corrected chi connectivity index (χ0v) is 12.5. The van der Waals surface area contributed by atoms with Gasteiger partial charge in [-0.1, -0.05) is 24.3 Å². The van der Waals surface area contributed by atoms with Crippen LogP contribution in [-0.2, 0) is 12.7 Å². The molecule has 0 saturated carbocycles. The lowest BCUT2D eigenvalue weighted by Gasteiger charge is -2.18. The van der Waals surface area contributed by atoms with E-state index in [0.29, 0.717) is 17.9 Å². The first-order valence-electron chi connectivity index (χ1n) is 7.48. The monoisotopic (exact) mass is 322 g/mol. The van der Waals surface area contributed by atoms with Crippen molar-refractivity contribution in [1.29, 1.82) is 0 Å². The van der Waals surface area contributed by atoms with E-state index in [-0.39, 0.29) is 5.69 Å². The van der Waals surface area contributed by atoms with E-state index in [4.69, 9.17) is 5.73 Å². The van der Waals surface area contributed by atoms with Gasteiger partial charge in [0.15, 0.2) is 0 Å². The molecule has 1 aromatic carbocycles. The fourth-order valence-electron chi connectivity index (χ4n) is 2.63.